The zero-order valence-electron chi connectivity index (χ0n) is 25.4. The molecule has 2 aromatic carbocycles. The maximum absolute atomic E-state index is 13.7. The minimum absolute atomic E-state index is 0.0880. The van der Waals surface area contributed by atoms with Crippen molar-refractivity contribution in [3.05, 3.63) is 64.3 Å². The molecule has 0 spiro atoms. The first-order valence-electron chi connectivity index (χ1n) is 14.1. The molecule has 2 heterocycles. The molecular weight excluding hydrogens is 538 g/mol. The molecule has 1 fully saturated rings. The molecule has 41 heavy (non-hydrogen) atoms. The Balaban J connectivity index is 1.38. The second kappa shape index (κ2) is 9.80. The molecule has 1 saturated heterocycles. The van der Waals surface area contributed by atoms with Crippen LogP contribution in [-0.4, -0.2) is 61.4 Å². The van der Waals surface area contributed by atoms with Gasteiger partial charge in [0, 0.05) is 27.6 Å². The number of fused-ring (bicyclic) bond motifs is 4. The fourth-order valence-corrected chi connectivity index (χ4v) is 6.52. The summed E-state index contributed by atoms with van der Waals surface area (Å²) in [6.07, 6.45) is -0.580. The predicted molar refractivity (Wildman–Crippen MR) is 160 cm³/mol. The Morgan fingerprint density at radius 2 is 1.68 bits per heavy atom. The van der Waals surface area contributed by atoms with Crippen molar-refractivity contribution >= 4 is 31.0 Å². The fourth-order valence-electron chi connectivity index (χ4n) is 5.51. The van der Waals surface area contributed by atoms with Crippen molar-refractivity contribution in [2.45, 2.75) is 90.0 Å². The highest BCUT2D eigenvalue weighted by Gasteiger charge is 2.45. The van der Waals surface area contributed by atoms with Gasteiger partial charge in [-0.1, -0.05) is 40.7 Å². The normalized spacial score (nSPS) is 21.5. The number of carbonyl (C=O) groups is 2. The number of aromatic amines is 1. The molecule has 2 N–H and O–H groups in total. The molecule has 1 aliphatic heterocycles. The van der Waals surface area contributed by atoms with E-state index in [4.69, 9.17) is 18.6 Å². The van der Waals surface area contributed by atoms with E-state index in [0.717, 1.165) is 16.6 Å². The van der Waals surface area contributed by atoms with E-state index in [1.807, 2.05) is 32.0 Å². The second-order valence-corrected chi connectivity index (χ2v) is 18.5. The average Bonchev–Trinajstić information content (AvgIpc) is 3.41. The molecule has 5 rings (SSSR count). The molecule has 220 valence electrons. The number of rotatable bonds is 7. The van der Waals surface area contributed by atoms with Gasteiger partial charge in [0.2, 0.25) is 0 Å². The third-order valence-electron chi connectivity index (χ3n) is 8.92. The molecule has 2 atom stereocenters. The molecule has 2 aliphatic rings. The summed E-state index contributed by atoms with van der Waals surface area (Å²) in [7, 11) is -1.97. The highest BCUT2D eigenvalue weighted by atomic mass is 28.4. The first-order chi connectivity index (χ1) is 18.9. The summed E-state index contributed by atoms with van der Waals surface area (Å²) in [6.45, 7) is 19.7. The number of carboxylic acid groups (broad SMARTS) is 1. The smallest absolute Gasteiger partial charge is 0.335 e. The number of nitrogens with one attached hydrogen (secondary N) is 1. The Morgan fingerprint density at radius 3 is 2.32 bits per heavy atom. The molecule has 1 aromatic heterocycles. The number of ether oxygens (including phenoxy) is 3. The van der Waals surface area contributed by atoms with Crippen molar-refractivity contribution in [3.63, 3.8) is 0 Å². The fraction of sp³-hybridized carbons (Fsp3) is 0.500. The highest BCUT2D eigenvalue weighted by Crippen LogP contribution is 2.45. The Kier molecular flexibility index (Phi) is 7.05. The lowest BCUT2D eigenvalue weighted by molar-refractivity contribution is -0.150. The summed E-state index contributed by atoms with van der Waals surface area (Å²) in [6, 6.07) is 10.4. The Bertz CT molecular complexity index is 1530. The summed E-state index contributed by atoms with van der Waals surface area (Å²) in [4.78, 5) is 28.5. The van der Waals surface area contributed by atoms with Crippen LogP contribution in [0.5, 0.6) is 5.75 Å². The van der Waals surface area contributed by atoms with Gasteiger partial charge < -0.3 is 28.7 Å². The van der Waals surface area contributed by atoms with Crippen molar-refractivity contribution in [2.24, 2.45) is 0 Å². The van der Waals surface area contributed by atoms with E-state index in [1.54, 1.807) is 12.1 Å². The van der Waals surface area contributed by atoms with Gasteiger partial charge in [-0.25, -0.2) is 4.79 Å². The Hall–Kier alpha value is -2.98. The minimum atomic E-state index is -1.97. The molecule has 0 unspecified atom stereocenters. The van der Waals surface area contributed by atoms with Gasteiger partial charge in [-0.2, -0.15) is 0 Å². The number of aromatic carboxylic acids is 1. The zero-order valence-corrected chi connectivity index (χ0v) is 26.4. The van der Waals surface area contributed by atoms with Crippen molar-refractivity contribution < 1.29 is 33.3 Å². The number of hydrogen-bond donors (Lipinski definition) is 2. The predicted octanol–water partition coefficient (Wildman–Crippen LogP) is 6.66. The van der Waals surface area contributed by atoms with Gasteiger partial charge in [-0.05, 0) is 67.9 Å². The molecule has 0 bridgehead atoms. The van der Waals surface area contributed by atoms with Gasteiger partial charge in [-0.15, -0.1) is 0 Å². The van der Waals surface area contributed by atoms with E-state index in [-0.39, 0.29) is 35.2 Å². The largest absolute Gasteiger partial charge is 0.491 e. The summed E-state index contributed by atoms with van der Waals surface area (Å²) in [5, 5.41) is 10.2. The quantitative estimate of drug-likeness (QED) is 0.302. The lowest BCUT2D eigenvalue weighted by atomic mass is 9.71. The van der Waals surface area contributed by atoms with E-state index >= 15 is 0 Å². The molecule has 8 nitrogen and oxygen atoms in total. The molecule has 0 saturated carbocycles. The third kappa shape index (κ3) is 5.25. The van der Waals surface area contributed by atoms with Gasteiger partial charge in [-0.3, -0.25) is 4.79 Å². The van der Waals surface area contributed by atoms with Gasteiger partial charge in [0.05, 0.1) is 17.7 Å². The molecular formula is C32H41NO7Si. The molecule has 0 amide bonds. The van der Waals surface area contributed by atoms with Gasteiger partial charge in [0.25, 0.3) is 0 Å². The lowest BCUT2D eigenvalue weighted by Crippen LogP contribution is -2.44. The van der Waals surface area contributed by atoms with Gasteiger partial charge >= 0.3 is 5.97 Å². The van der Waals surface area contributed by atoms with Crippen LogP contribution in [0.2, 0.25) is 18.1 Å². The molecule has 0 radical (unpaired) electrons. The number of ketones is 1. The number of hydrogen-bond acceptors (Lipinski definition) is 6. The summed E-state index contributed by atoms with van der Waals surface area (Å²) >= 11 is 0. The SMILES string of the molecule is CC1(C)O[C@H](COc2ccc3c(c2)C(C)(C)c2[nH]c4cc(C(=O)O)ccc4c2C3=O)[C@@H](CO[Si](C)(C)C(C)(C)C)O1. The topological polar surface area (TPSA) is 107 Å². The molecule has 3 aromatic rings. The summed E-state index contributed by atoms with van der Waals surface area (Å²) in [5.41, 5.74) is 3.07. The van der Waals surface area contributed by atoms with E-state index in [9.17, 15) is 14.7 Å². The maximum Gasteiger partial charge on any atom is 0.335 e. The van der Waals surface area contributed by atoms with Crippen LogP contribution in [0.1, 0.15) is 86.0 Å². The number of H-pyrrole nitrogens is 1. The number of benzene rings is 2. The van der Waals surface area contributed by atoms with Crippen LogP contribution in [0.3, 0.4) is 0 Å². The first-order valence-corrected chi connectivity index (χ1v) is 17.0. The zero-order chi connectivity index (χ0) is 30.1. The van der Waals surface area contributed by atoms with Crippen LogP contribution >= 0.6 is 0 Å². The van der Waals surface area contributed by atoms with Crippen molar-refractivity contribution in [1.29, 1.82) is 0 Å². The van der Waals surface area contributed by atoms with Crippen LogP contribution in [0.4, 0.5) is 0 Å². The maximum atomic E-state index is 13.7. The Morgan fingerprint density at radius 1 is 1.02 bits per heavy atom. The van der Waals surface area contributed by atoms with Crippen LogP contribution in [0, 0.1) is 0 Å². The molecule has 9 heteroatoms. The summed E-state index contributed by atoms with van der Waals surface area (Å²) < 4.78 is 25.1. The minimum Gasteiger partial charge on any atom is -0.491 e. The Labute approximate surface area is 242 Å². The number of aromatic nitrogens is 1. The van der Waals surface area contributed by atoms with Crippen LogP contribution < -0.4 is 4.74 Å². The first kappa shape index (κ1) is 29.5. The number of carboxylic acids is 1. The standard InChI is InChI=1S/C32H41NO7Si/c1-30(2,3)41(8,9)38-17-25-24(39-32(6,7)40-25)16-37-19-11-13-20-22(15-19)31(4,5)28-26(27(20)34)21-12-10-18(29(35)36)14-23(21)33-28/h10-15,24-25,33H,16-17H2,1-9H3,(H,35,36)/t24-,25-/m1/s1. The van der Waals surface area contributed by atoms with Gasteiger partial charge in [0.15, 0.2) is 19.9 Å². The van der Waals surface area contributed by atoms with E-state index < -0.39 is 25.5 Å². The van der Waals surface area contributed by atoms with E-state index in [2.05, 4.69) is 52.7 Å². The molecule has 1 aliphatic carbocycles. The third-order valence-corrected chi connectivity index (χ3v) is 13.4. The monoisotopic (exact) mass is 579 g/mol. The average molecular weight is 580 g/mol. The van der Waals surface area contributed by atoms with Crippen LogP contribution in [0.15, 0.2) is 36.4 Å². The van der Waals surface area contributed by atoms with Crippen molar-refractivity contribution in [1.82, 2.24) is 4.98 Å². The number of carbonyl (C=O) groups excluding carboxylic acids is 1. The van der Waals surface area contributed by atoms with E-state index in [0.29, 0.717) is 29.0 Å². The van der Waals surface area contributed by atoms with Gasteiger partial charge in [0.1, 0.15) is 24.6 Å². The second-order valence-electron chi connectivity index (χ2n) is 13.7. The van der Waals surface area contributed by atoms with Crippen LogP contribution in [-0.2, 0) is 19.3 Å². The summed E-state index contributed by atoms with van der Waals surface area (Å²) in [5.74, 6) is -1.21. The van der Waals surface area contributed by atoms with Crippen molar-refractivity contribution in [3.8, 4) is 5.75 Å². The van der Waals surface area contributed by atoms with Crippen LogP contribution in [0.25, 0.3) is 10.9 Å². The highest BCUT2D eigenvalue weighted by molar-refractivity contribution is 6.74. The van der Waals surface area contributed by atoms with E-state index in [1.165, 1.54) is 6.07 Å². The van der Waals surface area contributed by atoms with Crippen molar-refractivity contribution in [2.75, 3.05) is 13.2 Å². The lowest BCUT2D eigenvalue weighted by Gasteiger charge is -2.37.